The number of amides is 2. The highest BCUT2D eigenvalue weighted by molar-refractivity contribution is 7.11. The molecule has 1 aromatic heterocycles. The predicted molar refractivity (Wildman–Crippen MR) is 89.1 cm³/mol. The zero-order valence-electron chi connectivity index (χ0n) is 14.0. The summed E-state index contributed by atoms with van der Waals surface area (Å²) < 4.78 is 0. The second-order valence-corrected chi connectivity index (χ2v) is 8.14. The van der Waals surface area contributed by atoms with Crippen LogP contribution in [0.25, 0.3) is 0 Å². The molecule has 22 heavy (non-hydrogen) atoms. The van der Waals surface area contributed by atoms with Gasteiger partial charge in [0.2, 0.25) is 0 Å². The standard InChI is InChI=1S/C16H27N3O2S/c1-5-13-14(22-11(2)18-13)9-17-15(21)19-7-6-12(20)8-16(3,4)10-19/h12,20H,5-10H2,1-4H3,(H,17,21)/t12-/m1/s1. The number of hydrogen-bond acceptors (Lipinski definition) is 4. The Bertz CT molecular complexity index is 527. The maximum atomic E-state index is 12.4. The third-order valence-corrected chi connectivity index (χ3v) is 5.06. The van der Waals surface area contributed by atoms with Crippen LogP contribution in [-0.2, 0) is 13.0 Å². The first-order valence-corrected chi connectivity index (χ1v) is 8.78. The quantitative estimate of drug-likeness (QED) is 0.898. The van der Waals surface area contributed by atoms with E-state index in [1.165, 1.54) is 0 Å². The number of likely N-dealkylation sites (tertiary alicyclic amines) is 1. The van der Waals surface area contributed by atoms with Crippen molar-refractivity contribution >= 4 is 17.4 Å². The molecule has 2 rings (SSSR count). The number of nitrogens with zero attached hydrogens (tertiary/aromatic N) is 2. The van der Waals surface area contributed by atoms with E-state index in [0.29, 0.717) is 26.1 Å². The summed E-state index contributed by atoms with van der Waals surface area (Å²) in [6.45, 7) is 10.1. The maximum absolute atomic E-state index is 12.4. The summed E-state index contributed by atoms with van der Waals surface area (Å²) in [5, 5.41) is 14.0. The zero-order valence-corrected chi connectivity index (χ0v) is 14.8. The van der Waals surface area contributed by atoms with Gasteiger partial charge in [-0.1, -0.05) is 20.8 Å². The van der Waals surface area contributed by atoms with Crippen LogP contribution in [0, 0.1) is 12.3 Å². The molecule has 0 spiro atoms. The van der Waals surface area contributed by atoms with Gasteiger partial charge in [-0.2, -0.15) is 0 Å². The number of carbonyl (C=O) groups is 1. The van der Waals surface area contributed by atoms with E-state index in [1.807, 2.05) is 11.8 Å². The lowest BCUT2D eigenvalue weighted by Crippen LogP contribution is -2.43. The Morgan fingerprint density at radius 1 is 1.55 bits per heavy atom. The molecule has 1 aromatic rings. The Kier molecular flexibility index (Phi) is 5.45. The number of aliphatic hydroxyl groups is 1. The van der Waals surface area contributed by atoms with Crippen molar-refractivity contribution in [2.24, 2.45) is 5.41 Å². The number of nitrogens with one attached hydrogen (secondary N) is 1. The molecule has 5 nitrogen and oxygen atoms in total. The molecule has 0 aromatic carbocycles. The van der Waals surface area contributed by atoms with E-state index >= 15 is 0 Å². The molecule has 0 aliphatic carbocycles. The molecule has 2 heterocycles. The molecule has 2 N–H and O–H groups in total. The van der Waals surface area contributed by atoms with Gasteiger partial charge >= 0.3 is 6.03 Å². The van der Waals surface area contributed by atoms with Gasteiger partial charge in [0.05, 0.1) is 23.4 Å². The fourth-order valence-corrected chi connectivity index (χ4v) is 4.04. The van der Waals surface area contributed by atoms with Crippen molar-refractivity contribution in [3.8, 4) is 0 Å². The number of carbonyl (C=O) groups excluding carboxylic acids is 1. The molecule has 0 saturated carbocycles. The fraction of sp³-hybridized carbons (Fsp3) is 0.750. The molecule has 1 atom stereocenters. The van der Waals surface area contributed by atoms with Crippen molar-refractivity contribution in [2.45, 2.75) is 59.6 Å². The zero-order chi connectivity index (χ0) is 16.3. The Morgan fingerprint density at radius 3 is 2.95 bits per heavy atom. The van der Waals surface area contributed by atoms with E-state index in [4.69, 9.17) is 0 Å². The SMILES string of the molecule is CCc1nc(C)sc1CNC(=O)N1CC[C@@H](O)CC(C)(C)C1. The summed E-state index contributed by atoms with van der Waals surface area (Å²) in [4.78, 5) is 19.9. The average molecular weight is 325 g/mol. The minimum Gasteiger partial charge on any atom is -0.393 e. The average Bonchev–Trinajstić information content (AvgIpc) is 2.72. The van der Waals surface area contributed by atoms with Gasteiger partial charge in [0.1, 0.15) is 0 Å². The monoisotopic (exact) mass is 325 g/mol. The summed E-state index contributed by atoms with van der Waals surface area (Å²) in [5.41, 5.74) is 1.03. The first-order chi connectivity index (χ1) is 10.3. The molecule has 1 aliphatic heterocycles. The van der Waals surface area contributed by atoms with Crippen LogP contribution in [0.1, 0.15) is 49.2 Å². The third-order valence-electron chi connectivity index (χ3n) is 4.05. The summed E-state index contributed by atoms with van der Waals surface area (Å²) in [6.07, 6.45) is 1.96. The number of aromatic nitrogens is 1. The largest absolute Gasteiger partial charge is 0.393 e. The van der Waals surface area contributed by atoms with Gasteiger partial charge in [-0.25, -0.2) is 9.78 Å². The molecule has 0 bridgehead atoms. The van der Waals surface area contributed by atoms with Crippen molar-refractivity contribution in [2.75, 3.05) is 13.1 Å². The minimum absolute atomic E-state index is 0.0460. The number of aliphatic hydroxyl groups excluding tert-OH is 1. The van der Waals surface area contributed by atoms with E-state index in [1.54, 1.807) is 11.3 Å². The molecular weight excluding hydrogens is 298 g/mol. The Morgan fingerprint density at radius 2 is 2.27 bits per heavy atom. The topological polar surface area (TPSA) is 65.5 Å². The number of rotatable bonds is 3. The lowest BCUT2D eigenvalue weighted by atomic mass is 9.87. The summed E-state index contributed by atoms with van der Waals surface area (Å²) >= 11 is 1.65. The second-order valence-electron chi connectivity index (χ2n) is 6.85. The van der Waals surface area contributed by atoms with Gasteiger partial charge in [-0.15, -0.1) is 11.3 Å². The van der Waals surface area contributed by atoms with Gasteiger partial charge < -0.3 is 15.3 Å². The first-order valence-electron chi connectivity index (χ1n) is 7.97. The third kappa shape index (κ3) is 4.43. The van der Waals surface area contributed by atoms with Crippen molar-refractivity contribution in [1.82, 2.24) is 15.2 Å². The number of thiazole rings is 1. The first kappa shape index (κ1) is 17.2. The molecule has 1 saturated heterocycles. The van der Waals surface area contributed by atoms with Gasteiger partial charge in [0.25, 0.3) is 0 Å². The van der Waals surface area contributed by atoms with Crippen molar-refractivity contribution in [3.63, 3.8) is 0 Å². The highest BCUT2D eigenvalue weighted by Gasteiger charge is 2.31. The lowest BCUT2D eigenvalue weighted by molar-refractivity contribution is 0.121. The van der Waals surface area contributed by atoms with Gasteiger partial charge in [0, 0.05) is 18.0 Å². The lowest BCUT2D eigenvalue weighted by Gasteiger charge is -2.29. The fourth-order valence-electron chi connectivity index (χ4n) is 3.07. The number of aryl methyl sites for hydroxylation is 2. The van der Waals surface area contributed by atoms with Crippen LogP contribution in [0.2, 0.25) is 0 Å². The predicted octanol–water partition coefficient (Wildman–Crippen LogP) is 2.71. The van der Waals surface area contributed by atoms with Crippen LogP contribution in [0.3, 0.4) is 0 Å². The molecule has 6 heteroatoms. The van der Waals surface area contributed by atoms with Crippen molar-refractivity contribution in [3.05, 3.63) is 15.6 Å². The van der Waals surface area contributed by atoms with Crippen molar-refractivity contribution in [1.29, 1.82) is 0 Å². The van der Waals surface area contributed by atoms with E-state index in [9.17, 15) is 9.90 Å². The Hall–Kier alpha value is -1.14. The molecule has 1 fully saturated rings. The summed E-state index contributed by atoms with van der Waals surface area (Å²) in [5.74, 6) is 0. The van der Waals surface area contributed by atoms with Gasteiger partial charge in [-0.05, 0) is 31.6 Å². The van der Waals surface area contributed by atoms with Crippen molar-refractivity contribution < 1.29 is 9.90 Å². The molecule has 0 unspecified atom stereocenters. The van der Waals surface area contributed by atoms with E-state index < -0.39 is 0 Å². The second kappa shape index (κ2) is 6.96. The van der Waals surface area contributed by atoms with Gasteiger partial charge in [0.15, 0.2) is 0 Å². The van der Waals surface area contributed by atoms with Gasteiger partial charge in [-0.3, -0.25) is 0 Å². The molecule has 1 aliphatic rings. The highest BCUT2D eigenvalue weighted by Crippen LogP contribution is 2.28. The summed E-state index contributed by atoms with van der Waals surface area (Å²) in [6, 6.07) is -0.0460. The van der Waals surface area contributed by atoms with Crippen LogP contribution < -0.4 is 5.32 Å². The summed E-state index contributed by atoms with van der Waals surface area (Å²) in [7, 11) is 0. The van der Waals surface area contributed by atoms with Crippen LogP contribution in [-0.4, -0.2) is 40.2 Å². The van der Waals surface area contributed by atoms with Crippen LogP contribution in [0.15, 0.2) is 0 Å². The maximum Gasteiger partial charge on any atom is 0.317 e. The van der Waals surface area contributed by atoms with E-state index in [2.05, 4.69) is 31.1 Å². The Balaban J connectivity index is 1.96. The smallest absolute Gasteiger partial charge is 0.317 e. The number of hydrogen-bond donors (Lipinski definition) is 2. The van der Waals surface area contributed by atoms with E-state index in [-0.39, 0.29) is 17.6 Å². The Labute approximate surface area is 136 Å². The highest BCUT2D eigenvalue weighted by atomic mass is 32.1. The van der Waals surface area contributed by atoms with E-state index in [0.717, 1.165) is 28.4 Å². The molecular formula is C16H27N3O2S. The molecule has 2 amide bonds. The molecule has 0 radical (unpaired) electrons. The minimum atomic E-state index is -0.316. The van der Waals surface area contributed by atoms with Crippen LogP contribution in [0.5, 0.6) is 0 Å². The normalized spacial score (nSPS) is 21.5. The number of urea groups is 1. The van der Waals surface area contributed by atoms with Crippen LogP contribution in [0.4, 0.5) is 4.79 Å². The van der Waals surface area contributed by atoms with Crippen LogP contribution >= 0.6 is 11.3 Å². The molecule has 124 valence electrons.